The maximum absolute atomic E-state index is 6.60. The molecule has 0 atom stereocenters. The molecule has 0 spiro atoms. The lowest BCUT2D eigenvalue weighted by molar-refractivity contribution is 1.10. The van der Waals surface area contributed by atoms with Crippen LogP contribution in [0.3, 0.4) is 0 Å². The Labute approximate surface area is 58.0 Å². The van der Waals surface area contributed by atoms with E-state index in [1.165, 1.54) is 0 Å². The molecule has 9 heavy (non-hydrogen) atoms. The molecule has 3 heteroatoms. The van der Waals surface area contributed by atoms with E-state index in [-0.39, 0.29) is 0 Å². The van der Waals surface area contributed by atoms with E-state index in [0.717, 1.165) is 11.4 Å². The van der Waals surface area contributed by atoms with Crippen LogP contribution in [0.1, 0.15) is 11.9 Å². The number of nitrogens with zero attached hydrogens (tertiary/aromatic N) is 2. The topological polar surface area (TPSA) is 17.2 Å². The van der Waals surface area contributed by atoms with Crippen molar-refractivity contribution in [2.45, 2.75) is 13.3 Å². The molecule has 1 aromatic rings. The zero-order valence-electron chi connectivity index (χ0n) is 5.09. The van der Waals surface area contributed by atoms with Gasteiger partial charge in [-0.15, -0.1) is 16.3 Å². The maximum Gasteiger partial charge on any atom is 0.280 e. The second-order valence-electron chi connectivity index (χ2n) is 1.56. The largest absolute Gasteiger partial charge is 0.360 e. The van der Waals surface area contributed by atoms with E-state index < -0.39 is 0 Å². The number of aromatic nitrogens is 1. The summed E-state index contributed by atoms with van der Waals surface area (Å²) in [5, 5.41) is 2.83. The molecule has 0 aliphatic heterocycles. The molecular formula is C6H6N2S. The third-order valence-corrected chi connectivity index (χ3v) is 1.94. The molecule has 0 fully saturated rings. The lowest BCUT2D eigenvalue weighted by atomic mass is 10.5. The van der Waals surface area contributed by atoms with Gasteiger partial charge in [0.2, 0.25) is 0 Å². The van der Waals surface area contributed by atoms with Gasteiger partial charge in [-0.05, 0) is 0 Å². The van der Waals surface area contributed by atoms with Gasteiger partial charge in [-0.25, -0.2) is 0 Å². The highest BCUT2D eigenvalue weighted by Gasteiger charge is 1.99. The lowest BCUT2D eigenvalue weighted by Crippen LogP contribution is -1.72. The van der Waals surface area contributed by atoms with Crippen LogP contribution in [0.5, 0.6) is 0 Å². The summed E-state index contributed by atoms with van der Waals surface area (Å²) < 4.78 is 0. The van der Waals surface area contributed by atoms with Crippen LogP contribution in [0.4, 0.5) is 5.82 Å². The molecule has 1 rings (SSSR count). The van der Waals surface area contributed by atoms with Gasteiger partial charge in [0.05, 0.1) is 0 Å². The molecule has 0 bridgehead atoms. The lowest BCUT2D eigenvalue weighted by Gasteiger charge is -1.73. The molecule has 1 heterocycles. The minimum atomic E-state index is 0.525. The Morgan fingerprint density at radius 1 is 1.89 bits per heavy atom. The van der Waals surface area contributed by atoms with Gasteiger partial charge in [0.15, 0.2) is 5.01 Å². The summed E-state index contributed by atoms with van der Waals surface area (Å²) in [6.45, 7) is 8.64. The summed E-state index contributed by atoms with van der Waals surface area (Å²) in [5.41, 5.74) is 0. The monoisotopic (exact) mass is 138 g/mol. The zero-order valence-corrected chi connectivity index (χ0v) is 5.90. The molecule has 0 aliphatic carbocycles. The number of hydrogen-bond donors (Lipinski definition) is 0. The highest BCUT2D eigenvalue weighted by Crippen LogP contribution is 2.16. The minimum Gasteiger partial charge on any atom is -0.360 e. The smallest absolute Gasteiger partial charge is 0.280 e. The van der Waals surface area contributed by atoms with E-state index >= 15 is 0 Å². The Morgan fingerprint density at radius 3 is 3.00 bits per heavy atom. The number of hydrogen-bond acceptors (Lipinski definition) is 2. The van der Waals surface area contributed by atoms with Crippen molar-refractivity contribution in [1.29, 1.82) is 0 Å². The van der Waals surface area contributed by atoms with Gasteiger partial charge in [0, 0.05) is 11.8 Å². The summed E-state index contributed by atoms with van der Waals surface area (Å²) in [6, 6.07) is 0. The normalized spacial score (nSPS) is 8.89. The van der Waals surface area contributed by atoms with Crippen molar-refractivity contribution in [3.8, 4) is 0 Å². The number of thiazole rings is 1. The first-order valence-corrected chi connectivity index (χ1v) is 3.56. The second-order valence-corrected chi connectivity index (χ2v) is 2.51. The molecule has 0 saturated heterocycles. The molecule has 2 nitrogen and oxygen atoms in total. The van der Waals surface area contributed by atoms with Crippen molar-refractivity contribution in [2.24, 2.45) is 0 Å². The minimum absolute atomic E-state index is 0.525. The van der Waals surface area contributed by atoms with E-state index in [4.69, 9.17) is 6.57 Å². The third kappa shape index (κ3) is 1.27. The molecule has 0 aromatic carbocycles. The van der Waals surface area contributed by atoms with E-state index in [2.05, 4.69) is 9.83 Å². The fourth-order valence-electron chi connectivity index (χ4n) is 0.515. The molecule has 0 amide bonds. The molecule has 0 saturated carbocycles. The van der Waals surface area contributed by atoms with Gasteiger partial charge in [-0.1, -0.05) is 13.5 Å². The van der Waals surface area contributed by atoms with Crippen LogP contribution in [0.2, 0.25) is 0 Å². The van der Waals surface area contributed by atoms with Gasteiger partial charge in [0.1, 0.15) is 0 Å². The summed E-state index contributed by atoms with van der Waals surface area (Å²) in [7, 11) is 0. The second kappa shape index (κ2) is 2.60. The van der Waals surface area contributed by atoms with Gasteiger partial charge in [-0.3, -0.25) is 0 Å². The average Bonchev–Trinajstić information content (AvgIpc) is 2.34. The van der Waals surface area contributed by atoms with Crippen molar-refractivity contribution in [3.63, 3.8) is 0 Å². The molecule has 0 unspecified atom stereocenters. The molecule has 1 aromatic heterocycles. The Balaban J connectivity index is 2.90. The van der Waals surface area contributed by atoms with Gasteiger partial charge < -0.3 is 4.85 Å². The van der Waals surface area contributed by atoms with E-state index in [1.807, 2.05) is 6.92 Å². The first kappa shape index (κ1) is 6.24. The van der Waals surface area contributed by atoms with E-state index in [0.29, 0.717) is 5.82 Å². The molecular weight excluding hydrogens is 132 g/mol. The van der Waals surface area contributed by atoms with Gasteiger partial charge in [0.25, 0.3) is 5.82 Å². The standard InChI is InChI=1S/C6H6N2S/c1-3-6-8-5(7-2)4-9-6/h4H,3H2,1H3. The Bertz CT molecular complexity index is 233. The maximum atomic E-state index is 6.60. The summed E-state index contributed by atoms with van der Waals surface area (Å²) >= 11 is 1.55. The van der Waals surface area contributed by atoms with Crippen LogP contribution in [0, 0.1) is 6.57 Å². The molecule has 0 N–H and O–H groups in total. The Morgan fingerprint density at radius 2 is 2.67 bits per heavy atom. The van der Waals surface area contributed by atoms with Crippen molar-refractivity contribution < 1.29 is 0 Å². The first-order valence-electron chi connectivity index (χ1n) is 2.68. The Hall–Kier alpha value is -0.880. The molecule has 0 radical (unpaired) electrons. The average molecular weight is 138 g/mol. The quantitative estimate of drug-likeness (QED) is 0.544. The van der Waals surface area contributed by atoms with Crippen LogP contribution in [0.15, 0.2) is 5.38 Å². The van der Waals surface area contributed by atoms with Crippen LogP contribution in [0.25, 0.3) is 4.85 Å². The predicted octanol–water partition coefficient (Wildman–Crippen LogP) is 2.26. The first-order chi connectivity index (χ1) is 4.36. The van der Waals surface area contributed by atoms with Crippen molar-refractivity contribution >= 4 is 17.2 Å². The van der Waals surface area contributed by atoms with Crippen LogP contribution in [-0.4, -0.2) is 4.98 Å². The highest BCUT2D eigenvalue weighted by atomic mass is 32.1. The fraction of sp³-hybridized carbons (Fsp3) is 0.333. The highest BCUT2D eigenvalue weighted by molar-refractivity contribution is 7.10. The van der Waals surface area contributed by atoms with E-state index in [1.54, 1.807) is 16.7 Å². The number of aryl methyl sites for hydroxylation is 1. The zero-order chi connectivity index (χ0) is 6.69. The molecule has 46 valence electrons. The fourth-order valence-corrected chi connectivity index (χ4v) is 1.17. The Kier molecular flexibility index (Phi) is 1.81. The summed E-state index contributed by atoms with van der Waals surface area (Å²) in [5.74, 6) is 0.525. The van der Waals surface area contributed by atoms with E-state index in [9.17, 15) is 0 Å². The van der Waals surface area contributed by atoms with Crippen LogP contribution < -0.4 is 0 Å². The van der Waals surface area contributed by atoms with Crippen LogP contribution >= 0.6 is 11.3 Å². The van der Waals surface area contributed by atoms with Crippen molar-refractivity contribution in [2.75, 3.05) is 0 Å². The summed E-state index contributed by atoms with van der Waals surface area (Å²) in [6.07, 6.45) is 0.931. The SMILES string of the molecule is [C-]#[N+]c1csc(CC)n1. The van der Waals surface area contributed by atoms with Crippen molar-refractivity contribution in [1.82, 2.24) is 4.98 Å². The number of rotatable bonds is 1. The van der Waals surface area contributed by atoms with Crippen molar-refractivity contribution in [3.05, 3.63) is 21.8 Å². The third-order valence-electron chi connectivity index (χ3n) is 0.957. The summed E-state index contributed by atoms with van der Waals surface area (Å²) in [4.78, 5) is 7.20. The van der Waals surface area contributed by atoms with Gasteiger partial charge in [-0.2, -0.15) is 0 Å². The predicted molar refractivity (Wildman–Crippen MR) is 37.8 cm³/mol. The molecule has 0 aliphatic rings. The van der Waals surface area contributed by atoms with Crippen LogP contribution in [-0.2, 0) is 6.42 Å². The van der Waals surface area contributed by atoms with Gasteiger partial charge >= 0.3 is 0 Å².